The molecule has 0 aromatic heterocycles. The van der Waals surface area contributed by atoms with Gasteiger partial charge in [0.15, 0.2) is 0 Å². The zero-order chi connectivity index (χ0) is 14.1. The molecule has 0 radical (unpaired) electrons. The number of benzene rings is 2. The van der Waals surface area contributed by atoms with E-state index in [9.17, 15) is 0 Å². The first-order valence-electron chi connectivity index (χ1n) is 7.31. The number of thioether (sulfide) groups is 2. The number of hydrogen-bond donors (Lipinski definition) is 1. The molecule has 106 valence electrons. The van der Waals surface area contributed by atoms with Crippen LogP contribution in [0.3, 0.4) is 0 Å². The van der Waals surface area contributed by atoms with Gasteiger partial charge in [-0.25, -0.2) is 0 Å². The molecular formula is C18H17NS2. The van der Waals surface area contributed by atoms with Gasteiger partial charge >= 0.3 is 0 Å². The third kappa shape index (κ3) is 2.85. The minimum absolute atomic E-state index is 0.533. The van der Waals surface area contributed by atoms with Crippen molar-refractivity contribution in [1.82, 2.24) is 0 Å². The summed E-state index contributed by atoms with van der Waals surface area (Å²) in [6.45, 7) is 0. The fourth-order valence-corrected chi connectivity index (χ4v) is 5.42. The number of allylic oxidation sites excluding steroid dienone is 1. The molecule has 4 rings (SSSR count). The van der Waals surface area contributed by atoms with Crippen LogP contribution in [0.2, 0.25) is 0 Å². The van der Waals surface area contributed by atoms with Gasteiger partial charge in [-0.2, -0.15) is 0 Å². The SMILES string of the molecule is C1=C2Nc3ccccc3SCC(CC1c1ccccc1)S2. The second-order valence-corrected chi connectivity index (χ2v) is 7.86. The Labute approximate surface area is 134 Å². The fraction of sp³-hybridized carbons (Fsp3) is 0.222. The molecule has 1 N–H and O–H groups in total. The molecule has 2 aliphatic rings. The van der Waals surface area contributed by atoms with E-state index in [1.807, 2.05) is 23.5 Å². The van der Waals surface area contributed by atoms with Crippen molar-refractivity contribution < 1.29 is 0 Å². The van der Waals surface area contributed by atoms with Crippen molar-refractivity contribution in [2.75, 3.05) is 11.1 Å². The molecule has 2 aliphatic heterocycles. The molecule has 2 heterocycles. The van der Waals surface area contributed by atoms with Crippen molar-refractivity contribution >= 4 is 29.2 Å². The van der Waals surface area contributed by atoms with Crippen LogP contribution in [0.5, 0.6) is 0 Å². The summed E-state index contributed by atoms with van der Waals surface area (Å²) in [7, 11) is 0. The van der Waals surface area contributed by atoms with E-state index in [0.717, 1.165) is 0 Å². The minimum Gasteiger partial charge on any atom is -0.350 e. The smallest absolute Gasteiger partial charge is 0.0694 e. The number of anilines is 1. The number of nitrogens with one attached hydrogen (secondary N) is 1. The second-order valence-electron chi connectivity index (χ2n) is 5.46. The first-order valence-corrected chi connectivity index (χ1v) is 9.17. The van der Waals surface area contributed by atoms with Crippen LogP contribution in [0.25, 0.3) is 0 Å². The van der Waals surface area contributed by atoms with Crippen LogP contribution in [0.15, 0.2) is 70.6 Å². The molecule has 2 unspecified atom stereocenters. The van der Waals surface area contributed by atoms with Gasteiger partial charge in [0.25, 0.3) is 0 Å². The highest BCUT2D eigenvalue weighted by atomic mass is 32.2. The summed E-state index contributed by atoms with van der Waals surface area (Å²) in [5.41, 5.74) is 2.68. The van der Waals surface area contributed by atoms with Gasteiger partial charge in [0.1, 0.15) is 0 Å². The van der Waals surface area contributed by atoms with E-state index >= 15 is 0 Å². The average molecular weight is 311 g/mol. The van der Waals surface area contributed by atoms with Crippen molar-refractivity contribution in [3.8, 4) is 0 Å². The van der Waals surface area contributed by atoms with Gasteiger partial charge in [0.05, 0.1) is 10.7 Å². The number of rotatable bonds is 1. The van der Waals surface area contributed by atoms with Crippen LogP contribution in [-0.4, -0.2) is 11.0 Å². The van der Waals surface area contributed by atoms with E-state index in [4.69, 9.17) is 0 Å². The topological polar surface area (TPSA) is 12.0 Å². The molecule has 0 saturated heterocycles. The van der Waals surface area contributed by atoms with Gasteiger partial charge in [-0.1, -0.05) is 42.5 Å². The highest BCUT2D eigenvalue weighted by Gasteiger charge is 2.26. The molecule has 0 aliphatic carbocycles. The zero-order valence-corrected chi connectivity index (χ0v) is 13.3. The Kier molecular flexibility index (Phi) is 3.70. The quantitative estimate of drug-likeness (QED) is 0.764. The first kappa shape index (κ1) is 13.4. The molecule has 1 nitrogen and oxygen atoms in total. The van der Waals surface area contributed by atoms with Crippen molar-refractivity contribution in [1.29, 1.82) is 0 Å². The molecule has 0 saturated carbocycles. The van der Waals surface area contributed by atoms with E-state index in [0.29, 0.717) is 11.2 Å². The lowest BCUT2D eigenvalue weighted by molar-refractivity contribution is 0.725. The molecule has 0 amide bonds. The van der Waals surface area contributed by atoms with Gasteiger partial charge in [-0.15, -0.1) is 23.5 Å². The Bertz CT molecular complexity index is 666. The Hall–Kier alpha value is -1.32. The summed E-state index contributed by atoms with van der Waals surface area (Å²) in [4.78, 5) is 1.37. The van der Waals surface area contributed by atoms with Crippen LogP contribution < -0.4 is 5.32 Å². The van der Waals surface area contributed by atoms with Crippen molar-refractivity contribution in [2.45, 2.75) is 22.5 Å². The maximum atomic E-state index is 3.63. The normalized spacial score (nSPS) is 24.1. The van der Waals surface area contributed by atoms with E-state index < -0.39 is 0 Å². The van der Waals surface area contributed by atoms with Crippen LogP contribution in [-0.2, 0) is 0 Å². The number of fused-ring (bicyclic) bond motifs is 3. The third-order valence-electron chi connectivity index (χ3n) is 3.96. The van der Waals surface area contributed by atoms with Crippen molar-refractivity contribution in [3.05, 3.63) is 71.3 Å². The standard InChI is InChI=1S/C18H17NS2/c1-2-6-13(7-3-1)14-10-15-12-20-17-9-5-4-8-16(17)19-18(11-14)21-15/h1-9,11,14-15,19H,10,12H2. The summed E-state index contributed by atoms with van der Waals surface area (Å²) < 4.78 is 0. The molecule has 3 heteroatoms. The Morgan fingerprint density at radius 1 is 0.952 bits per heavy atom. The maximum absolute atomic E-state index is 3.63. The third-order valence-corrected chi connectivity index (χ3v) is 6.59. The van der Waals surface area contributed by atoms with Gasteiger partial charge in [0, 0.05) is 21.8 Å². The lowest BCUT2D eigenvalue weighted by Crippen LogP contribution is -2.20. The first-order chi connectivity index (χ1) is 10.4. The van der Waals surface area contributed by atoms with E-state index in [1.165, 1.54) is 33.3 Å². The van der Waals surface area contributed by atoms with Gasteiger partial charge in [-0.3, -0.25) is 0 Å². The van der Waals surface area contributed by atoms with Gasteiger partial charge in [0.2, 0.25) is 0 Å². The van der Waals surface area contributed by atoms with E-state index in [-0.39, 0.29) is 0 Å². The lowest BCUT2D eigenvalue weighted by Gasteiger charge is -2.31. The largest absolute Gasteiger partial charge is 0.350 e. The van der Waals surface area contributed by atoms with Crippen LogP contribution in [0.4, 0.5) is 5.69 Å². The lowest BCUT2D eigenvalue weighted by atomic mass is 9.94. The molecule has 2 aromatic rings. The summed E-state index contributed by atoms with van der Waals surface area (Å²) in [5.74, 6) is 1.72. The van der Waals surface area contributed by atoms with Gasteiger partial charge < -0.3 is 5.32 Å². The molecule has 0 fully saturated rings. The molecule has 2 aromatic carbocycles. The Balaban J connectivity index is 1.68. The number of para-hydroxylation sites is 1. The molecular weight excluding hydrogens is 294 g/mol. The highest BCUT2D eigenvalue weighted by molar-refractivity contribution is 8.06. The summed E-state index contributed by atoms with van der Waals surface area (Å²) in [6, 6.07) is 19.5. The average Bonchev–Trinajstić information content (AvgIpc) is 2.53. The number of hydrogen-bond acceptors (Lipinski definition) is 3. The van der Waals surface area contributed by atoms with E-state index in [2.05, 4.69) is 66.0 Å². The monoisotopic (exact) mass is 311 g/mol. The minimum atomic E-state index is 0.533. The summed E-state index contributed by atoms with van der Waals surface area (Å²) in [5, 5.41) is 5.63. The van der Waals surface area contributed by atoms with Crippen molar-refractivity contribution in [3.63, 3.8) is 0 Å². The molecule has 2 atom stereocenters. The predicted molar refractivity (Wildman–Crippen MR) is 94.1 cm³/mol. The second kappa shape index (κ2) is 5.82. The van der Waals surface area contributed by atoms with Crippen LogP contribution >= 0.6 is 23.5 Å². The van der Waals surface area contributed by atoms with Crippen LogP contribution in [0, 0.1) is 0 Å². The van der Waals surface area contributed by atoms with Gasteiger partial charge in [-0.05, 0) is 30.2 Å². The highest BCUT2D eigenvalue weighted by Crippen LogP contribution is 2.44. The van der Waals surface area contributed by atoms with E-state index in [1.54, 1.807) is 0 Å². The maximum Gasteiger partial charge on any atom is 0.0694 e. The van der Waals surface area contributed by atoms with Crippen molar-refractivity contribution in [2.24, 2.45) is 0 Å². The van der Waals surface area contributed by atoms with Crippen LogP contribution in [0.1, 0.15) is 17.9 Å². The Morgan fingerprint density at radius 2 is 1.76 bits per heavy atom. The fourth-order valence-electron chi connectivity index (χ4n) is 2.92. The summed E-state index contributed by atoms with van der Waals surface area (Å²) >= 11 is 3.98. The molecule has 2 bridgehead atoms. The Morgan fingerprint density at radius 3 is 2.67 bits per heavy atom. The zero-order valence-electron chi connectivity index (χ0n) is 11.7. The molecule has 21 heavy (non-hydrogen) atoms. The summed E-state index contributed by atoms with van der Waals surface area (Å²) in [6.07, 6.45) is 3.64. The predicted octanol–water partition coefficient (Wildman–Crippen LogP) is 5.33. The molecule has 0 spiro atoms.